The number of ether oxygens (including phenoxy) is 2. The molecule has 0 spiro atoms. The number of hydrogen-bond donors (Lipinski definition) is 2. The van der Waals surface area contributed by atoms with Crippen LogP contribution in [0.15, 0.2) is 42.5 Å². The highest BCUT2D eigenvalue weighted by Crippen LogP contribution is 2.40. The summed E-state index contributed by atoms with van der Waals surface area (Å²) in [5.74, 6) is -0.876. The third-order valence-corrected chi connectivity index (χ3v) is 5.14. The van der Waals surface area contributed by atoms with Crippen LogP contribution in [0.2, 0.25) is 0 Å². The first-order valence-corrected chi connectivity index (χ1v) is 9.60. The number of carbonyl (C=O) groups excluding carboxylic acids is 2. The molecule has 0 saturated heterocycles. The highest BCUT2D eigenvalue weighted by Gasteiger charge is 2.41. The number of phenols is 1. The minimum atomic E-state index is -1.25. The number of phenolic OH excluding ortho intramolecular Hbond substituents is 1. The topological polar surface area (TPSA) is 88.6 Å². The molecule has 1 atom stereocenters. The Hall–Kier alpha value is -3.28. The van der Waals surface area contributed by atoms with E-state index in [1.165, 1.54) is 0 Å². The maximum Gasteiger partial charge on any atom is 0.340 e. The zero-order chi connectivity index (χ0) is 21.2. The molecule has 2 aromatic carbocycles. The van der Waals surface area contributed by atoms with Gasteiger partial charge in [0.25, 0.3) is 0 Å². The maximum atomic E-state index is 13.2. The van der Waals surface area contributed by atoms with E-state index in [1.54, 1.807) is 58.0 Å². The zero-order valence-electron chi connectivity index (χ0n) is 17.0. The van der Waals surface area contributed by atoms with E-state index in [1.807, 2.05) is 12.1 Å². The minimum absolute atomic E-state index is 0.0427. The monoisotopic (exact) mass is 395 g/mol. The van der Waals surface area contributed by atoms with Crippen molar-refractivity contribution in [1.29, 1.82) is 0 Å². The zero-order valence-corrected chi connectivity index (χ0v) is 17.0. The van der Waals surface area contributed by atoms with E-state index in [4.69, 9.17) is 9.47 Å². The van der Waals surface area contributed by atoms with Gasteiger partial charge in [-0.25, -0.2) is 4.79 Å². The molecule has 0 fully saturated rings. The number of fused-ring (bicyclic) bond motifs is 1. The van der Waals surface area contributed by atoms with E-state index in [0.717, 1.165) is 5.52 Å². The Labute approximate surface area is 169 Å². The predicted molar refractivity (Wildman–Crippen MR) is 110 cm³/mol. The summed E-state index contributed by atoms with van der Waals surface area (Å²) < 4.78 is 10.7. The Bertz CT molecular complexity index is 1070. The summed E-state index contributed by atoms with van der Waals surface area (Å²) in [6.07, 6.45) is 0. The van der Waals surface area contributed by atoms with Gasteiger partial charge in [-0.3, -0.25) is 4.79 Å². The lowest BCUT2D eigenvalue weighted by Gasteiger charge is -2.29. The highest BCUT2D eigenvalue weighted by atomic mass is 16.5. The van der Waals surface area contributed by atoms with Crippen molar-refractivity contribution in [3.63, 3.8) is 0 Å². The molecule has 2 N–H and O–H groups in total. The Morgan fingerprint density at radius 1 is 1.07 bits per heavy atom. The molecule has 3 rings (SSSR count). The van der Waals surface area contributed by atoms with Gasteiger partial charge in [-0.05, 0) is 57.0 Å². The van der Waals surface area contributed by atoms with E-state index < -0.39 is 17.4 Å². The predicted octanol–water partition coefficient (Wildman–Crippen LogP) is 4.23. The molecule has 1 unspecified atom stereocenters. The van der Waals surface area contributed by atoms with Crippen LogP contribution in [0.1, 0.15) is 48.0 Å². The van der Waals surface area contributed by atoms with Crippen molar-refractivity contribution in [3.05, 3.63) is 64.8 Å². The first-order chi connectivity index (χ1) is 13.8. The van der Waals surface area contributed by atoms with Crippen molar-refractivity contribution in [2.24, 2.45) is 0 Å². The van der Waals surface area contributed by atoms with Crippen LogP contribution < -0.4 is 0 Å². The SMILES string of the molecule is CCOC(=O)c1c(C)[nH]c2cccc(C(C)(C(=O)OCC)c3cccc(O)c3)c12. The number of rotatable bonds is 6. The fraction of sp³-hybridized carbons (Fsp3) is 0.304. The van der Waals surface area contributed by atoms with E-state index in [2.05, 4.69) is 4.98 Å². The molecule has 0 aliphatic carbocycles. The number of aromatic amines is 1. The summed E-state index contributed by atoms with van der Waals surface area (Å²) in [5.41, 5.74) is 1.70. The average Bonchev–Trinajstić information content (AvgIpc) is 3.03. The second-order valence-electron chi connectivity index (χ2n) is 6.97. The number of H-pyrrole nitrogens is 1. The normalized spacial score (nSPS) is 13.1. The van der Waals surface area contributed by atoms with Crippen LogP contribution in [0, 0.1) is 6.92 Å². The third kappa shape index (κ3) is 3.46. The summed E-state index contributed by atoms with van der Waals surface area (Å²) in [7, 11) is 0. The smallest absolute Gasteiger partial charge is 0.340 e. The van der Waals surface area contributed by atoms with E-state index in [-0.39, 0.29) is 19.0 Å². The van der Waals surface area contributed by atoms with Gasteiger partial charge < -0.3 is 19.6 Å². The van der Waals surface area contributed by atoms with Crippen LogP contribution in [0.25, 0.3) is 10.9 Å². The van der Waals surface area contributed by atoms with Gasteiger partial charge in [0, 0.05) is 16.6 Å². The molecule has 0 aliphatic heterocycles. The Morgan fingerprint density at radius 3 is 2.41 bits per heavy atom. The van der Waals surface area contributed by atoms with Crippen LogP contribution in [-0.4, -0.2) is 35.2 Å². The van der Waals surface area contributed by atoms with Crippen LogP contribution in [0.4, 0.5) is 0 Å². The number of nitrogens with one attached hydrogen (secondary N) is 1. The summed E-state index contributed by atoms with van der Waals surface area (Å²) in [6.45, 7) is 7.48. The molecule has 0 bridgehead atoms. The number of aryl methyl sites for hydroxylation is 1. The second-order valence-corrected chi connectivity index (χ2v) is 6.97. The number of aromatic nitrogens is 1. The molecule has 152 valence electrons. The van der Waals surface area contributed by atoms with Crippen LogP contribution in [-0.2, 0) is 19.7 Å². The van der Waals surface area contributed by atoms with Crippen molar-refractivity contribution in [2.75, 3.05) is 13.2 Å². The molecule has 1 aromatic heterocycles. The summed E-state index contributed by atoms with van der Waals surface area (Å²) in [5, 5.41) is 10.6. The van der Waals surface area contributed by atoms with Gasteiger partial charge in [0.15, 0.2) is 0 Å². The lowest BCUT2D eigenvalue weighted by Crippen LogP contribution is -2.36. The largest absolute Gasteiger partial charge is 0.508 e. The molecule has 1 heterocycles. The maximum absolute atomic E-state index is 13.2. The van der Waals surface area contributed by atoms with Crippen molar-refractivity contribution in [2.45, 2.75) is 33.1 Å². The molecule has 3 aromatic rings. The van der Waals surface area contributed by atoms with Crippen molar-refractivity contribution in [3.8, 4) is 5.75 Å². The second kappa shape index (κ2) is 7.99. The van der Waals surface area contributed by atoms with Gasteiger partial charge in [-0.15, -0.1) is 0 Å². The molecule has 0 aliphatic rings. The van der Waals surface area contributed by atoms with Gasteiger partial charge >= 0.3 is 11.9 Å². The first-order valence-electron chi connectivity index (χ1n) is 9.60. The number of esters is 2. The van der Waals surface area contributed by atoms with Crippen LogP contribution in [0.5, 0.6) is 5.75 Å². The standard InChI is InChI=1S/C23H25NO5/c1-5-28-21(26)19-14(3)24-18-12-8-11-17(20(18)19)23(4,22(27)29-6-2)15-9-7-10-16(25)13-15/h7-13,24-25H,5-6H2,1-4H3. The first kappa shape index (κ1) is 20.5. The molecule has 0 amide bonds. The fourth-order valence-corrected chi connectivity index (χ4v) is 3.73. The van der Waals surface area contributed by atoms with Crippen molar-refractivity contribution in [1.82, 2.24) is 4.98 Å². The van der Waals surface area contributed by atoms with Gasteiger partial charge in [0.1, 0.15) is 11.2 Å². The van der Waals surface area contributed by atoms with Gasteiger partial charge in [0.05, 0.1) is 18.8 Å². The molecule has 6 heteroatoms. The molecule has 0 radical (unpaired) electrons. The summed E-state index contributed by atoms with van der Waals surface area (Å²) in [4.78, 5) is 29.1. The van der Waals surface area contributed by atoms with E-state index >= 15 is 0 Å². The van der Waals surface area contributed by atoms with Gasteiger partial charge in [0.2, 0.25) is 0 Å². The Balaban J connectivity index is 2.37. The average molecular weight is 395 g/mol. The fourth-order valence-electron chi connectivity index (χ4n) is 3.73. The lowest BCUT2D eigenvalue weighted by atomic mass is 9.74. The van der Waals surface area contributed by atoms with E-state index in [0.29, 0.717) is 27.8 Å². The number of hydrogen-bond acceptors (Lipinski definition) is 5. The van der Waals surface area contributed by atoms with Gasteiger partial charge in [-0.2, -0.15) is 0 Å². The quantitative estimate of drug-likeness (QED) is 0.610. The van der Waals surface area contributed by atoms with Crippen molar-refractivity contribution < 1.29 is 24.2 Å². The minimum Gasteiger partial charge on any atom is -0.508 e. The number of benzene rings is 2. The number of carbonyl (C=O) groups is 2. The Morgan fingerprint density at radius 2 is 1.76 bits per heavy atom. The summed E-state index contributed by atoms with van der Waals surface area (Å²) >= 11 is 0. The van der Waals surface area contributed by atoms with Gasteiger partial charge in [-0.1, -0.05) is 24.3 Å². The molecule has 0 saturated carbocycles. The van der Waals surface area contributed by atoms with Crippen LogP contribution in [0.3, 0.4) is 0 Å². The Kier molecular flexibility index (Phi) is 5.64. The molecule has 6 nitrogen and oxygen atoms in total. The number of aromatic hydroxyl groups is 1. The van der Waals surface area contributed by atoms with Crippen LogP contribution >= 0.6 is 0 Å². The van der Waals surface area contributed by atoms with E-state index in [9.17, 15) is 14.7 Å². The molecule has 29 heavy (non-hydrogen) atoms. The molecular weight excluding hydrogens is 370 g/mol. The summed E-state index contributed by atoms with van der Waals surface area (Å²) in [6, 6.07) is 12.0. The van der Waals surface area contributed by atoms with Crippen molar-refractivity contribution >= 4 is 22.8 Å². The highest BCUT2D eigenvalue weighted by molar-refractivity contribution is 6.09. The lowest BCUT2D eigenvalue weighted by molar-refractivity contribution is -0.147. The third-order valence-electron chi connectivity index (χ3n) is 5.14. The molecular formula is C23H25NO5.